The van der Waals surface area contributed by atoms with Crippen molar-refractivity contribution >= 4 is 33.1 Å². The molecule has 0 unspecified atom stereocenters. The molecule has 1 saturated heterocycles. The van der Waals surface area contributed by atoms with Crippen molar-refractivity contribution < 1.29 is 9.53 Å². The van der Waals surface area contributed by atoms with Gasteiger partial charge in [-0.3, -0.25) is 9.69 Å². The van der Waals surface area contributed by atoms with Crippen molar-refractivity contribution in [2.24, 2.45) is 0 Å². The minimum absolute atomic E-state index is 0.0281. The lowest BCUT2D eigenvalue weighted by atomic mass is 10.1. The monoisotopic (exact) mass is 395 g/mol. The van der Waals surface area contributed by atoms with E-state index in [1.54, 1.807) is 11.3 Å². The van der Waals surface area contributed by atoms with Crippen LogP contribution in [0.15, 0.2) is 48.5 Å². The van der Waals surface area contributed by atoms with Crippen LogP contribution < -0.4 is 5.32 Å². The number of fused-ring (bicyclic) bond motifs is 1. The zero-order valence-corrected chi connectivity index (χ0v) is 16.7. The Hall–Kier alpha value is -2.28. The molecule has 1 fully saturated rings. The van der Waals surface area contributed by atoms with Gasteiger partial charge in [0, 0.05) is 38.2 Å². The first-order chi connectivity index (χ1) is 13.8. The lowest BCUT2D eigenvalue weighted by molar-refractivity contribution is -0.116. The molecule has 1 aromatic heterocycles. The van der Waals surface area contributed by atoms with E-state index >= 15 is 0 Å². The molecule has 146 valence electrons. The average Bonchev–Trinajstić information content (AvgIpc) is 3.16. The van der Waals surface area contributed by atoms with Crippen LogP contribution in [0.1, 0.15) is 17.0 Å². The van der Waals surface area contributed by atoms with Gasteiger partial charge in [0.15, 0.2) is 0 Å². The number of carbonyl (C=O) groups is 1. The van der Waals surface area contributed by atoms with Crippen LogP contribution in [0.5, 0.6) is 0 Å². The number of para-hydroxylation sites is 1. The lowest BCUT2D eigenvalue weighted by Gasteiger charge is -2.26. The van der Waals surface area contributed by atoms with E-state index in [4.69, 9.17) is 4.74 Å². The quantitative estimate of drug-likeness (QED) is 0.662. The SMILES string of the molecule is O=C(CCc1nc2ccccc2s1)Nc1ccc(CCN2CCOCC2)cc1. The molecule has 0 radical (unpaired) electrons. The molecule has 0 saturated carbocycles. The van der Waals surface area contributed by atoms with Crippen LogP contribution in [0.3, 0.4) is 0 Å². The van der Waals surface area contributed by atoms with Gasteiger partial charge in [-0.25, -0.2) is 4.98 Å². The second kappa shape index (κ2) is 9.28. The number of benzene rings is 2. The van der Waals surface area contributed by atoms with Crippen LogP contribution in [0, 0.1) is 0 Å². The number of morpholine rings is 1. The summed E-state index contributed by atoms with van der Waals surface area (Å²) in [6.45, 7) is 4.76. The molecule has 1 amide bonds. The third-order valence-corrected chi connectivity index (χ3v) is 6.06. The van der Waals surface area contributed by atoms with Crippen LogP contribution in [-0.4, -0.2) is 48.6 Å². The van der Waals surface area contributed by atoms with Crippen LogP contribution in [0.2, 0.25) is 0 Å². The highest BCUT2D eigenvalue weighted by Gasteiger charge is 2.10. The summed E-state index contributed by atoms with van der Waals surface area (Å²) >= 11 is 1.66. The number of anilines is 1. The molecule has 1 N–H and O–H groups in total. The van der Waals surface area contributed by atoms with Crippen LogP contribution in [0.25, 0.3) is 10.2 Å². The second-order valence-electron chi connectivity index (χ2n) is 7.02. The standard InChI is InChI=1S/C22H25N3O2S/c26-21(9-10-22-24-19-3-1-2-4-20(19)28-22)23-18-7-5-17(6-8-18)11-12-25-13-15-27-16-14-25/h1-8H,9-16H2,(H,23,26). The Balaban J connectivity index is 1.23. The van der Waals surface area contributed by atoms with Crippen molar-refractivity contribution in [3.05, 3.63) is 59.1 Å². The number of aromatic nitrogens is 1. The van der Waals surface area contributed by atoms with E-state index in [-0.39, 0.29) is 5.91 Å². The number of aryl methyl sites for hydroxylation is 1. The maximum absolute atomic E-state index is 12.3. The Morgan fingerprint density at radius 1 is 1.07 bits per heavy atom. The fraction of sp³-hybridized carbons (Fsp3) is 0.364. The fourth-order valence-corrected chi connectivity index (χ4v) is 4.30. The number of ether oxygens (including phenoxy) is 1. The normalized spacial score (nSPS) is 15.0. The van der Waals surface area contributed by atoms with Crippen LogP contribution >= 0.6 is 11.3 Å². The zero-order valence-electron chi connectivity index (χ0n) is 15.9. The molecule has 3 aromatic rings. The zero-order chi connectivity index (χ0) is 19.2. The van der Waals surface area contributed by atoms with Gasteiger partial charge in [-0.15, -0.1) is 11.3 Å². The lowest BCUT2D eigenvalue weighted by Crippen LogP contribution is -2.37. The van der Waals surface area contributed by atoms with Crippen LogP contribution in [0.4, 0.5) is 5.69 Å². The predicted octanol–water partition coefficient (Wildman–Crippen LogP) is 3.74. The summed E-state index contributed by atoms with van der Waals surface area (Å²) in [7, 11) is 0. The van der Waals surface area contributed by atoms with Gasteiger partial charge in [-0.2, -0.15) is 0 Å². The summed E-state index contributed by atoms with van der Waals surface area (Å²) in [6, 6.07) is 16.3. The van der Waals surface area contributed by atoms with Crippen molar-refractivity contribution in [1.82, 2.24) is 9.88 Å². The van der Waals surface area contributed by atoms with Gasteiger partial charge >= 0.3 is 0 Å². The van der Waals surface area contributed by atoms with Gasteiger partial charge in [0.25, 0.3) is 0 Å². The highest BCUT2D eigenvalue weighted by molar-refractivity contribution is 7.18. The highest BCUT2D eigenvalue weighted by Crippen LogP contribution is 2.22. The van der Waals surface area contributed by atoms with Gasteiger partial charge in [0.1, 0.15) is 0 Å². The molecule has 6 heteroatoms. The number of nitrogens with one attached hydrogen (secondary N) is 1. The number of thiazole rings is 1. The van der Waals surface area contributed by atoms with E-state index in [2.05, 4.69) is 33.4 Å². The molecule has 1 aliphatic heterocycles. The molecule has 0 spiro atoms. The third-order valence-electron chi connectivity index (χ3n) is 4.96. The van der Waals surface area contributed by atoms with E-state index in [0.29, 0.717) is 12.8 Å². The van der Waals surface area contributed by atoms with Gasteiger partial charge in [0.05, 0.1) is 28.4 Å². The number of nitrogens with zero attached hydrogens (tertiary/aromatic N) is 2. The molecule has 28 heavy (non-hydrogen) atoms. The molecule has 0 aliphatic carbocycles. The molecule has 0 bridgehead atoms. The molecule has 1 aliphatic rings. The first-order valence-electron chi connectivity index (χ1n) is 9.79. The number of carbonyl (C=O) groups excluding carboxylic acids is 1. The second-order valence-corrected chi connectivity index (χ2v) is 8.14. The van der Waals surface area contributed by atoms with Gasteiger partial charge in [-0.1, -0.05) is 24.3 Å². The molecular formula is C22H25N3O2S. The number of amides is 1. The number of hydrogen-bond donors (Lipinski definition) is 1. The molecule has 2 heterocycles. The smallest absolute Gasteiger partial charge is 0.224 e. The molecule has 0 atom stereocenters. The molecule has 4 rings (SSSR count). The summed E-state index contributed by atoms with van der Waals surface area (Å²) in [5.41, 5.74) is 3.15. The van der Waals surface area contributed by atoms with Crippen LogP contribution in [-0.2, 0) is 22.4 Å². The topological polar surface area (TPSA) is 54.5 Å². The first-order valence-corrected chi connectivity index (χ1v) is 10.6. The fourth-order valence-electron chi connectivity index (χ4n) is 3.34. The maximum atomic E-state index is 12.3. The van der Waals surface area contributed by atoms with E-state index in [9.17, 15) is 4.79 Å². The van der Waals surface area contributed by atoms with E-state index in [0.717, 1.165) is 55.5 Å². The predicted molar refractivity (Wildman–Crippen MR) is 114 cm³/mol. The van der Waals surface area contributed by atoms with Crippen molar-refractivity contribution in [3.63, 3.8) is 0 Å². The minimum atomic E-state index is 0.0281. The van der Waals surface area contributed by atoms with E-state index < -0.39 is 0 Å². The maximum Gasteiger partial charge on any atom is 0.224 e. The Morgan fingerprint density at radius 3 is 2.64 bits per heavy atom. The van der Waals surface area contributed by atoms with Gasteiger partial charge in [0.2, 0.25) is 5.91 Å². The summed E-state index contributed by atoms with van der Waals surface area (Å²) < 4.78 is 6.55. The molecule has 2 aromatic carbocycles. The van der Waals surface area contributed by atoms with E-state index in [1.807, 2.05) is 30.3 Å². The summed E-state index contributed by atoms with van der Waals surface area (Å²) in [5.74, 6) is 0.0281. The Morgan fingerprint density at radius 2 is 1.86 bits per heavy atom. The minimum Gasteiger partial charge on any atom is -0.379 e. The number of rotatable bonds is 7. The molecular weight excluding hydrogens is 370 g/mol. The van der Waals surface area contributed by atoms with Crippen molar-refractivity contribution in [2.75, 3.05) is 38.2 Å². The Labute approximate surface area is 169 Å². The Kier molecular flexibility index (Phi) is 6.31. The Bertz CT molecular complexity index is 884. The third kappa shape index (κ3) is 5.16. The summed E-state index contributed by atoms with van der Waals surface area (Å²) in [5, 5.41) is 4.00. The van der Waals surface area contributed by atoms with Gasteiger partial charge < -0.3 is 10.1 Å². The largest absolute Gasteiger partial charge is 0.379 e. The average molecular weight is 396 g/mol. The number of hydrogen-bond acceptors (Lipinski definition) is 5. The van der Waals surface area contributed by atoms with Crippen molar-refractivity contribution in [2.45, 2.75) is 19.3 Å². The van der Waals surface area contributed by atoms with Gasteiger partial charge in [-0.05, 0) is 36.2 Å². The van der Waals surface area contributed by atoms with E-state index in [1.165, 1.54) is 10.3 Å². The first kappa shape index (κ1) is 19.1. The molecule has 5 nitrogen and oxygen atoms in total. The highest BCUT2D eigenvalue weighted by atomic mass is 32.1. The summed E-state index contributed by atoms with van der Waals surface area (Å²) in [4.78, 5) is 19.3. The van der Waals surface area contributed by atoms with Crippen molar-refractivity contribution in [1.29, 1.82) is 0 Å². The summed E-state index contributed by atoms with van der Waals surface area (Å²) in [6.07, 6.45) is 2.13. The van der Waals surface area contributed by atoms with Crippen molar-refractivity contribution in [3.8, 4) is 0 Å².